The fourth-order valence-electron chi connectivity index (χ4n) is 2.93. The number of amides is 1. The number of aryl methyl sites for hydroxylation is 1. The van der Waals surface area contributed by atoms with Gasteiger partial charge in [0.25, 0.3) is 5.91 Å². The van der Waals surface area contributed by atoms with E-state index >= 15 is 0 Å². The number of methoxy groups -OCH3 is 1. The fraction of sp³-hybridized carbons (Fsp3) is 0.174. The number of thiazole rings is 2. The van der Waals surface area contributed by atoms with E-state index in [4.69, 9.17) is 9.47 Å². The Morgan fingerprint density at radius 1 is 1.10 bits per heavy atom. The van der Waals surface area contributed by atoms with E-state index in [-0.39, 0.29) is 5.91 Å². The second kappa shape index (κ2) is 9.72. The van der Waals surface area contributed by atoms with Crippen molar-refractivity contribution in [2.24, 2.45) is 0 Å². The van der Waals surface area contributed by atoms with Gasteiger partial charge in [-0.15, -0.1) is 22.7 Å². The number of rotatable bonds is 8. The number of carbonyl (C=O) groups excluding carboxylic acids is 1. The molecule has 2 heterocycles. The molecule has 0 fully saturated rings. The maximum Gasteiger partial charge on any atom is 0.257 e. The first-order chi connectivity index (χ1) is 15.2. The van der Waals surface area contributed by atoms with Gasteiger partial charge in [0.05, 0.1) is 24.0 Å². The normalized spacial score (nSPS) is 10.6. The zero-order valence-electron chi connectivity index (χ0n) is 17.1. The molecule has 4 rings (SSSR count). The van der Waals surface area contributed by atoms with Crippen molar-refractivity contribution >= 4 is 33.7 Å². The van der Waals surface area contributed by atoms with E-state index in [9.17, 15) is 4.79 Å². The van der Waals surface area contributed by atoms with Crippen LogP contribution in [-0.2, 0) is 13.0 Å². The minimum atomic E-state index is -0.258. The topological polar surface area (TPSA) is 73.3 Å². The summed E-state index contributed by atoms with van der Waals surface area (Å²) in [5.74, 6) is 0.782. The standard InChI is InChI=1S/C23H21N3O3S2/c1-3-15-4-6-16(7-5-15)19-13-31-23(25-19)26-22(27)17-8-9-20(21(10-17)28-2)29-11-18-12-30-14-24-18/h4-10,12-14H,3,11H2,1-2H3,(H,25,26,27). The second-order valence-electron chi connectivity index (χ2n) is 6.68. The molecule has 0 unspecified atom stereocenters. The van der Waals surface area contributed by atoms with Crippen LogP contribution >= 0.6 is 22.7 Å². The number of anilines is 1. The Kier molecular flexibility index (Phi) is 6.59. The lowest BCUT2D eigenvalue weighted by molar-refractivity contribution is 0.102. The van der Waals surface area contributed by atoms with Crippen LogP contribution in [0.15, 0.2) is 58.7 Å². The van der Waals surface area contributed by atoms with Crippen molar-refractivity contribution < 1.29 is 14.3 Å². The van der Waals surface area contributed by atoms with Gasteiger partial charge in [0, 0.05) is 21.9 Å². The quantitative estimate of drug-likeness (QED) is 0.374. The summed E-state index contributed by atoms with van der Waals surface area (Å²) < 4.78 is 11.2. The largest absolute Gasteiger partial charge is 0.493 e. The van der Waals surface area contributed by atoms with Crippen LogP contribution in [0, 0.1) is 0 Å². The maximum absolute atomic E-state index is 12.7. The number of hydrogen-bond donors (Lipinski definition) is 1. The van der Waals surface area contributed by atoms with Gasteiger partial charge >= 0.3 is 0 Å². The van der Waals surface area contributed by atoms with Gasteiger partial charge in [-0.3, -0.25) is 10.1 Å². The molecule has 1 amide bonds. The van der Waals surface area contributed by atoms with Crippen LogP contribution in [0.3, 0.4) is 0 Å². The summed E-state index contributed by atoms with van der Waals surface area (Å²) in [4.78, 5) is 21.5. The average molecular weight is 452 g/mol. The molecule has 1 N–H and O–H groups in total. The minimum Gasteiger partial charge on any atom is -0.493 e. The monoisotopic (exact) mass is 451 g/mol. The zero-order valence-corrected chi connectivity index (χ0v) is 18.8. The summed E-state index contributed by atoms with van der Waals surface area (Å²) in [7, 11) is 1.55. The molecule has 0 aliphatic carbocycles. The summed E-state index contributed by atoms with van der Waals surface area (Å²) in [6.45, 7) is 2.46. The number of aromatic nitrogens is 2. The van der Waals surface area contributed by atoms with Crippen molar-refractivity contribution in [2.45, 2.75) is 20.0 Å². The molecule has 0 radical (unpaired) electrons. The molecule has 8 heteroatoms. The molecule has 0 aliphatic rings. The Morgan fingerprint density at radius 2 is 1.94 bits per heavy atom. The van der Waals surface area contributed by atoms with Gasteiger partial charge in [-0.05, 0) is 30.2 Å². The Labute approximate surface area is 188 Å². The Balaban J connectivity index is 1.43. The number of nitrogens with one attached hydrogen (secondary N) is 1. The lowest BCUT2D eigenvalue weighted by Gasteiger charge is -2.11. The molecule has 0 saturated carbocycles. The molecule has 31 heavy (non-hydrogen) atoms. The lowest BCUT2D eigenvalue weighted by atomic mass is 10.1. The van der Waals surface area contributed by atoms with Crippen molar-refractivity contribution in [2.75, 3.05) is 12.4 Å². The number of ether oxygens (including phenoxy) is 2. The van der Waals surface area contributed by atoms with Crippen molar-refractivity contribution in [3.8, 4) is 22.8 Å². The third-order valence-corrected chi connectivity index (χ3v) is 6.06. The van der Waals surface area contributed by atoms with Gasteiger partial charge in [0.1, 0.15) is 6.61 Å². The number of nitrogens with zero attached hydrogens (tertiary/aromatic N) is 2. The van der Waals surface area contributed by atoms with Crippen LogP contribution in [0.1, 0.15) is 28.5 Å². The maximum atomic E-state index is 12.7. The van der Waals surface area contributed by atoms with Gasteiger partial charge in [-0.25, -0.2) is 9.97 Å². The van der Waals surface area contributed by atoms with Gasteiger partial charge < -0.3 is 9.47 Å². The summed E-state index contributed by atoms with van der Waals surface area (Å²) in [5.41, 5.74) is 6.21. The Hall–Kier alpha value is -3.23. The third-order valence-electron chi connectivity index (χ3n) is 4.67. The molecule has 6 nitrogen and oxygen atoms in total. The summed E-state index contributed by atoms with van der Waals surface area (Å²) >= 11 is 2.91. The number of benzene rings is 2. The van der Waals surface area contributed by atoms with Gasteiger partial charge in [0.15, 0.2) is 16.6 Å². The molecule has 2 aromatic carbocycles. The van der Waals surface area contributed by atoms with Gasteiger partial charge in [-0.1, -0.05) is 31.2 Å². The summed E-state index contributed by atoms with van der Waals surface area (Å²) in [6, 6.07) is 13.4. The first-order valence-electron chi connectivity index (χ1n) is 9.70. The molecule has 4 aromatic rings. The molecule has 0 spiro atoms. The van der Waals surface area contributed by atoms with E-state index in [0.29, 0.717) is 28.8 Å². The fourth-order valence-corrected chi connectivity index (χ4v) is 4.19. The first-order valence-corrected chi connectivity index (χ1v) is 11.5. The molecular formula is C23H21N3O3S2. The smallest absolute Gasteiger partial charge is 0.257 e. The van der Waals surface area contributed by atoms with Crippen LogP contribution in [0.2, 0.25) is 0 Å². The third kappa shape index (κ3) is 5.10. The van der Waals surface area contributed by atoms with Gasteiger partial charge in [-0.2, -0.15) is 0 Å². The van der Waals surface area contributed by atoms with Crippen LogP contribution < -0.4 is 14.8 Å². The number of carbonyl (C=O) groups is 1. The first kappa shape index (κ1) is 21.0. The highest BCUT2D eigenvalue weighted by molar-refractivity contribution is 7.14. The molecule has 0 saturated heterocycles. The van der Waals surface area contributed by atoms with Crippen molar-refractivity contribution in [3.63, 3.8) is 0 Å². The van der Waals surface area contributed by atoms with E-state index in [1.165, 1.54) is 28.2 Å². The number of hydrogen-bond acceptors (Lipinski definition) is 7. The molecule has 0 aliphatic heterocycles. The van der Waals surface area contributed by atoms with E-state index in [2.05, 4.69) is 46.5 Å². The van der Waals surface area contributed by atoms with Crippen molar-refractivity contribution in [1.29, 1.82) is 0 Å². The Bertz CT molecular complexity index is 1160. The van der Waals surface area contributed by atoms with Crippen molar-refractivity contribution in [3.05, 3.63) is 75.6 Å². The molecule has 2 aromatic heterocycles. The highest BCUT2D eigenvalue weighted by Gasteiger charge is 2.14. The highest BCUT2D eigenvalue weighted by Crippen LogP contribution is 2.30. The lowest BCUT2D eigenvalue weighted by Crippen LogP contribution is -2.12. The molecule has 0 atom stereocenters. The van der Waals surface area contributed by atoms with Crippen LogP contribution in [-0.4, -0.2) is 23.0 Å². The zero-order chi connectivity index (χ0) is 21.6. The van der Waals surface area contributed by atoms with Gasteiger partial charge in [0.2, 0.25) is 0 Å². The summed E-state index contributed by atoms with van der Waals surface area (Å²) in [5, 5.41) is 7.27. The summed E-state index contributed by atoms with van der Waals surface area (Å²) in [6.07, 6.45) is 0.997. The van der Waals surface area contributed by atoms with E-state index in [1.807, 2.05) is 10.8 Å². The second-order valence-corrected chi connectivity index (χ2v) is 8.25. The van der Waals surface area contributed by atoms with E-state index in [0.717, 1.165) is 23.4 Å². The van der Waals surface area contributed by atoms with Crippen LogP contribution in [0.5, 0.6) is 11.5 Å². The molecule has 158 valence electrons. The molecule has 0 bridgehead atoms. The van der Waals surface area contributed by atoms with E-state index < -0.39 is 0 Å². The Morgan fingerprint density at radius 3 is 2.65 bits per heavy atom. The highest BCUT2D eigenvalue weighted by atomic mass is 32.1. The minimum absolute atomic E-state index is 0.258. The van der Waals surface area contributed by atoms with E-state index in [1.54, 1.807) is 30.8 Å². The predicted molar refractivity (Wildman–Crippen MR) is 124 cm³/mol. The van der Waals surface area contributed by atoms with Crippen LogP contribution in [0.25, 0.3) is 11.3 Å². The SMILES string of the molecule is CCc1ccc(-c2csc(NC(=O)c3ccc(OCc4cscn4)c(OC)c3)n2)cc1. The predicted octanol–water partition coefficient (Wildman–Crippen LogP) is 5.67. The molecular weight excluding hydrogens is 430 g/mol. The van der Waals surface area contributed by atoms with Crippen LogP contribution in [0.4, 0.5) is 5.13 Å². The average Bonchev–Trinajstić information content (AvgIpc) is 3.50. The van der Waals surface area contributed by atoms with Crippen molar-refractivity contribution in [1.82, 2.24) is 9.97 Å².